The first-order valence-electron chi connectivity index (χ1n) is 12.1. The standard InChI is InChI=1S/C27H29N7O3/c1-18(2)25(26-30-31-32-34(26)17-23-7-5-11-37-23)33(15-19-6-4-10-28-14-19)16-21-12-20-8-9-22(36-3)13-24(20)29-27(21)35/h4-14,18,25H,15-17H2,1-3H3,(H,29,35). The third-order valence-corrected chi connectivity index (χ3v) is 6.35. The summed E-state index contributed by atoms with van der Waals surface area (Å²) in [5.41, 5.74) is 2.27. The van der Waals surface area contributed by atoms with E-state index in [0.29, 0.717) is 36.8 Å². The molecule has 5 aromatic rings. The Hall–Kier alpha value is -4.31. The first-order chi connectivity index (χ1) is 18.0. The van der Waals surface area contributed by atoms with E-state index in [1.165, 1.54) is 0 Å². The lowest BCUT2D eigenvalue weighted by molar-refractivity contribution is 0.125. The van der Waals surface area contributed by atoms with Crippen molar-refractivity contribution >= 4 is 10.9 Å². The number of nitrogens with zero attached hydrogens (tertiary/aromatic N) is 6. The van der Waals surface area contributed by atoms with E-state index in [9.17, 15) is 4.79 Å². The van der Waals surface area contributed by atoms with Crippen LogP contribution in [-0.4, -0.2) is 42.2 Å². The van der Waals surface area contributed by atoms with Crippen molar-refractivity contribution in [1.29, 1.82) is 0 Å². The van der Waals surface area contributed by atoms with Gasteiger partial charge in [0.2, 0.25) is 0 Å². The van der Waals surface area contributed by atoms with Crippen LogP contribution < -0.4 is 10.3 Å². The summed E-state index contributed by atoms with van der Waals surface area (Å²) in [4.78, 5) is 22.7. The lowest BCUT2D eigenvalue weighted by atomic mass is 9.99. The van der Waals surface area contributed by atoms with Gasteiger partial charge in [0, 0.05) is 37.1 Å². The van der Waals surface area contributed by atoms with Crippen LogP contribution in [0.3, 0.4) is 0 Å². The lowest BCUT2D eigenvalue weighted by Gasteiger charge is -2.33. The maximum absolute atomic E-state index is 13.2. The molecule has 0 aliphatic rings. The number of hydrogen-bond acceptors (Lipinski definition) is 8. The minimum absolute atomic E-state index is 0.141. The van der Waals surface area contributed by atoms with Crippen LogP contribution in [0.1, 0.15) is 42.6 Å². The number of ether oxygens (including phenoxy) is 1. The summed E-state index contributed by atoms with van der Waals surface area (Å²) in [5, 5.41) is 13.6. The molecule has 4 heterocycles. The summed E-state index contributed by atoms with van der Waals surface area (Å²) < 4.78 is 12.6. The number of furan rings is 1. The number of H-pyrrole nitrogens is 1. The van der Waals surface area contributed by atoms with Gasteiger partial charge in [-0.2, -0.15) is 0 Å². The number of aromatic nitrogens is 6. The van der Waals surface area contributed by atoms with Gasteiger partial charge in [-0.25, -0.2) is 4.68 Å². The Kier molecular flexibility index (Phi) is 7.09. The van der Waals surface area contributed by atoms with E-state index in [-0.39, 0.29) is 17.5 Å². The fraction of sp³-hybridized carbons (Fsp3) is 0.296. The first-order valence-corrected chi connectivity index (χ1v) is 12.1. The molecule has 5 rings (SSSR count). The van der Waals surface area contributed by atoms with Crippen LogP contribution in [-0.2, 0) is 19.6 Å². The number of fused-ring (bicyclic) bond motifs is 1. The Labute approximate surface area is 213 Å². The second kappa shape index (κ2) is 10.8. The monoisotopic (exact) mass is 499 g/mol. The van der Waals surface area contributed by atoms with Crippen LogP contribution in [0.5, 0.6) is 5.75 Å². The smallest absolute Gasteiger partial charge is 0.252 e. The van der Waals surface area contributed by atoms with Crippen molar-refractivity contribution in [3.63, 3.8) is 0 Å². The number of rotatable bonds is 10. The fourth-order valence-corrected chi connectivity index (χ4v) is 4.64. The topological polar surface area (TPSA) is 115 Å². The number of hydrogen-bond donors (Lipinski definition) is 1. The predicted molar refractivity (Wildman–Crippen MR) is 138 cm³/mol. The van der Waals surface area contributed by atoms with E-state index in [0.717, 1.165) is 22.2 Å². The maximum atomic E-state index is 13.2. The molecule has 1 atom stereocenters. The summed E-state index contributed by atoms with van der Waals surface area (Å²) in [5.74, 6) is 2.30. The Morgan fingerprint density at radius 3 is 2.76 bits per heavy atom. The fourth-order valence-electron chi connectivity index (χ4n) is 4.64. The molecule has 0 saturated carbocycles. The quantitative estimate of drug-likeness (QED) is 0.307. The Morgan fingerprint density at radius 2 is 2.03 bits per heavy atom. The molecule has 0 amide bonds. The first kappa shape index (κ1) is 24.4. The number of nitrogens with one attached hydrogen (secondary N) is 1. The second-order valence-corrected chi connectivity index (χ2v) is 9.31. The molecule has 1 N–H and O–H groups in total. The van der Waals surface area contributed by atoms with Crippen molar-refractivity contribution in [1.82, 2.24) is 35.1 Å². The molecule has 10 heteroatoms. The zero-order valence-electron chi connectivity index (χ0n) is 21.0. The molecule has 1 aromatic carbocycles. The van der Waals surface area contributed by atoms with Gasteiger partial charge in [0.25, 0.3) is 5.56 Å². The zero-order chi connectivity index (χ0) is 25.8. The van der Waals surface area contributed by atoms with Gasteiger partial charge in [-0.1, -0.05) is 19.9 Å². The highest BCUT2D eigenvalue weighted by Gasteiger charge is 2.30. The van der Waals surface area contributed by atoms with Gasteiger partial charge >= 0.3 is 0 Å². The zero-order valence-corrected chi connectivity index (χ0v) is 21.0. The van der Waals surface area contributed by atoms with E-state index in [1.54, 1.807) is 24.3 Å². The molecule has 0 bridgehead atoms. The Balaban J connectivity index is 1.54. The van der Waals surface area contributed by atoms with Crippen molar-refractivity contribution in [2.45, 2.75) is 39.5 Å². The second-order valence-electron chi connectivity index (χ2n) is 9.31. The molecule has 4 aromatic heterocycles. The highest BCUT2D eigenvalue weighted by molar-refractivity contribution is 5.80. The van der Waals surface area contributed by atoms with E-state index in [2.05, 4.69) is 44.2 Å². The normalized spacial score (nSPS) is 12.5. The van der Waals surface area contributed by atoms with E-state index < -0.39 is 0 Å². The number of aromatic amines is 1. The SMILES string of the molecule is COc1ccc2cc(CN(Cc3cccnc3)C(c3nnnn3Cc3ccco3)C(C)C)c(=O)[nH]c2c1. The van der Waals surface area contributed by atoms with E-state index >= 15 is 0 Å². The maximum Gasteiger partial charge on any atom is 0.252 e. The van der Waals surface area contributed by atoms with Crippen LogP contribution in [0.2, 0.25) is 0 Å². The summed E-state index contributed by atoms with van der Waals surface area (Å²) in [6.45, 7) is 5.62. The highest BCUT2D eigenvalue weighted by Crippen LogP contribution is 2.30. The highest BCUT2D eigenvalue weighted by atomic mass is 16.5. The number of benzene rings is 1. The van der Waals surface area contributed by atoms with Crippen molar-refractivity contribution in [2.24, 2.45) is 5.92 Å². The summed E-state index contributed by atoms with van der Waals surface area (Å²) in [7, 11) is 1.61. The minimum atomic E-state index is -0.184. The minimum Gasteiger partial charge on any atom is -0.497 e. The van der Waals surface area contributed by atoms with Crippen LogP contribution in [0.15, 0.2) is 76.4 Å². The van der Waals surface area contributed by atoms with Gasteiger partial charge in [0.05, 0.1) is 24.9 Å². The van der Waals surface area contributed by atoms with Crippen LogP contribution in [0.4, 0.5) is 0 Å². The van der Waals surface area contributed by atoms with Gasteiger partial charge in [0.1, 0.15) is 18.1 Å². The molecule has 1 unspecified atom stereocenters. The predicted octanol–water partition coefficient (Wildman–Crippen LogP) is 3.96. The number of pyridine rings is 2. The van der Waals surface area contributed by atoms with Gasteiger partial charge in [-0.3, -0.25) is 14.7 Å². The number of tetrazole rings is 1. The van der Waals surface area contributed by atoms with E-state index in [1.807, 2.05) is 54.7 Å². The molecular weight excluding hydrogens is 470 g/mol. The molecule has 0 radical (unpaired) electrons. The molecule has 0 aliphatic carbocycles. The van der Waals surface area contributed by atoms with Gasteiger partial charge < -0.3 is 14.1 Å². The molecule has 10 nitrogen and oxygen atoms in total. The summed E-state index contributed by atoms with van der Waals surface area (Å²) in [6, 6.07) is 15.1. The van der Waals surface area contributed by atoms with Gasteiger partial charge in [-0.15, -0.1) is 5.10 Å². The van der Waals surface area contributed by atoms with Crippen molar-refractivity contribution in [3.05, 3.63) is 100 Å². The third-order valence-electron chi connectivity index (χ3n) is 6.35. The molecule has 190 valence electrons. The molecule has 0 aliphatic heterocycles. The van der Waals surface area contributed by atoms with Crippen molar-refractivity contribution < 1.29 is 9.15 Å². The molecule has 0 fully saturated rings. The molecule has 0 spiro atoms. The summed E-state index contributed by atoms with van der Waals surface area (Å²) in [6.07, 6.45) is 5.22. The molecular formula is C27H29N7O3. The van der Waals surface area contributed by atoms with E-state index in [4.69, 9.17) is 9.15 Å². The lowest BCUT2D eigenvalue weighted by Crippen LogP contribution is -2.35. The van der Waals surface area contributed by atoms with Crippen LogP contribution >= 0.6 is 0 Å². The molecule has 37 heavy (non-hydrogen) atoms. The third kappa shape index (κ3) is 5.44. The van der Waals surface area contributed by atoms with Gasteiger partial charge in [0.15, 0.2) is 5.82 Å². The van der Waals surface area contributed by atoms with Crippen LogP contribution in [0.25, 0.3) is 10.9 Å². The van der Waals surface area contributed by atoms with Crippen molar-refractivity contribution in [3.8, 4) is 5.75 Å². The van der Waals surface area contributed by atoms with Crippen LogP contribution in [0, 0.1) is 5.92 Å². The Bertz CT molecular complexity index is 1510. The largest absolute Gasteiger partial charge is 0.497 e. The summed E-state index contributed by atoms with van der Waals surface area (Å²) >= 11 is 0. The Morgan fingerprint density at radius 1 is 1.14 bits per heavy atom. The molecule has 0 saturated heterocycles. The average molecular weight is 500 g/mol. The van der Waals surface area contributed by atoms with Gasteiger partial charge in [-0.05, 0) is 63.7 Å². The average Bonchev–Trinajstić information content (AvgIpc) is 3.57. The van der Waals surface area contributed by atoms with Crippen molar-refractivity contribution in [2.75, 3.05) is 7.11 Å². The number of methoxy groups -OCH3 is 1.